The van der Waals surface area contributed by atoms with E-state index < -0.39 is 54.0 Å². The minimum Gasteiger partial charge on any atom is -0.480 e. The zero-order valence-corrected chi connectivity index (χ0v) is 19.9. The number of nitrogens with one attached hydrogen (secondary N) is 3. The molecule has 0 bridgehead atoms. The first-order valence-corrected chi connectivity index (χ1v) is 10.9. The Morgan fingerprint density at radius 2 is 1.31 bits per heavy atom. The van der Waals surface area contributed by atoms with Crippen LogP contribution in [-0.2, 0) is 19.2 Å². The average Bonchev–Trinajstić information content (AvgIpc) is 2.75. The first-order valence-electron chi connectivity index (χ1n) is 10.9. The van der Waals surface area contributed by atoms with Crippen molar-refractivity contribution in [2.45, 2.75) is 69.8 Å². The second kappa shape index (κ2) is 16.0. The van der Waals surface area contributed by atoms with Crippen molar-refractivity contribution in [3.05, 3.63) is 0 Å². The summed E-state index contributed by atoms with van der Waals surface area (Å²) in [6.45, 7) is 3.04. The number of guanidine groups is 2. The molecule has 0 rings (SSSR count). The summed E-state index contributed by atoms with van der Waals surface area (Å²) in [7, 11) is 0. The summed E-state index contributed by atoms with van der Waals surface area (Å²) in [6, 6.07) is -4.81. The molecule has 16 heteroatoms. The van der Waals surface area contributed by atoms with Gasteiger partial charge in [-0.15, -0.1) is 0 Å². The van der Waals surface area contributed by atoms with Gasteiger partial charge in [0.05, 0.1) is 12.1 Å². The number of carbonyl (C=O) groups excluding carboxylic acids is 3. The summed E-state index contributed by atoms with van der Waals surface area (Å²) in [5, 5.41) is 26.3. The first-order chi connectivity index (χ1) is 16.3. The third-order valence-corrected chi connectivity index (χ3v) is 4.68. The number of hydrogen-bond donors (Lipinski definition) is 10. The Morgan fingerprint density at radius 1 is 0.800 bits per heavy atom. The van der Waals surface area contributed by atoms with Crippen LogP contribution in [0.3, 0.4) is 0 Å². The van der Waals surface area contributed by atoms with Gasteiger partial charge in [-0.05, 0) is 39.5 Å². The van der Waals surface area contributed by atoms with Gasteiger partial charge in [0.15, 0.2) is 11.9 Å². The van der Waals surface area contributed by atoms with Gasteiger partial charge in [-0.3, -0.25) is 24.4 Å². The largest absolute Gasteiger partial charge is 0.480 e. The number of amides is 3. The molecular formula is C19H38N10O6. The van der Waals surface area contributed by atoms with Crippen LogP contribution in [-0.4, -0.2) is 89.2 Å². The molecule has 15 N–H and O–H groups in total. The smallest absolute Gasteiger partial charge is 0.326 e. The van der Waals surface area contributed by atoms with Crippen molar-refractivity contribution in [2.75, 3.05) is 13.1 Å². The Hall–Kier alpha value is -3.66. The molecule has 0 aliphatic heterocycles. The number of aliphatic imine (C=N–C) groups is 2. The van der Waals surface area contributed by atoms with E-state index in [1.165, 1.54) is 13.8 Å². The van der Waals surface area contributed by atoms with Gasteiger partial charge in [-0.2, -0.15) is 0 Å². The molecule has 0 aliphatic carbocycles. The predicted molar refractivity (Wildman–Crippen MR) is 129 cm³/mol. The lowest BCUT2D eigenvalue weighted by atomic mass is 10.1. The number of carboxylic acid groups (broad SMARTS) is 1. The molecule has 35 heavy (non-hydrogen) atoms. The van der Waals surface area contributed by atoms with Crippen molar-refractivity contribution in [1.29, 1.82) is 0 Å². The minimum absolute atomic E-state index is 0.0476. The predicted octanol–water partition coefficient (Wildman–Crippen LogP) is -4.64. The Balaban J connectivity index is 4.89. The first kappa shape index (κ1) is 31.3. The van der Waals surface area contributed by atoms with Crippen molar-refractivity contribution >= 4 is 35.6 Å². The number of aliphatic hydroxyl groups is 1. The SMILES string of the molecule is CC(NC(=O)C(NC(=O)C(N)CCCN=C(N)N)C(C)O)C(=O)NC(CCCN=C(N)N)C(=O)O. The molecule has 0 aromatic carbocycles. The number of hydrogen-bond acceptors (Lipinski definition) is 8. The van der Waals surface area contributed by atoms with Crippen LogP contribution in [0.4, 0.5) is 0 Å². The molecule has 0 aliphatic rings. The standard InChI is InChI=1S/C19H38N10O6/c1-9(14(31)28-12(17(34)35)6-4-8-26-19(23)24)27-16(33)13(10(2)30)29-15(32)11(20)5-3-7-25-18(21)22/h9-13,30H,3-8,20H2,1-2H3,(H,27,33)(H,28,31)(H,29,32)(H,34,35)(H4,21,22,25)(H4,23,24,26). The third-order valence-electron chi connectivity index (χ3n) is 4.68. The van der Waals surface area contributed by atoms with Crippen LogP contribution in [0.15, 0.2) is 9.98 Å². The van der Waals surface area contributed by atoms with Crippen LogP contribution < -0.4 is 44.6 Å². The van der Waals surface area contributed by atoms with Crippen molar-refractivity contribution in [3.63, 3.8) is 0 Å². The second-order valence-electron chi connectivity index (χ2n) is 7.86. The highest BCUT2D eigenvalue weighted by atomic mass is 16.4. The molecule has 0 radical (unpaired) electrons. The van der Waals surface area contributed by atoms with Crippen molar-refractivity contribution < 1.29 is 29.4 Å². The van der Waals surface area contributed by atoms with Gasteiger partial charge in [-0.25, -0.2) is 4.79 Å². The molecule has 200 valence electrons. The van der Waals surface area contributed by atoms with Crippen molar-refractivity contribution in [3.8, 4) is 0 Å². The van der Waals surface area contributed by atoms with E-state index in [0.717, 1.165) is 0 Å². The quantitative estimate of drug-likeness (QED) is 0.0543. The van der Waals surface area contributed by atoms with E-state index in [4.69, 9.17) is 28.7 Å². The van der Waals surface area contributed by atoms with Crippen LogP contribution in [0.1, 0.15) is 39.5 Å². The summed E-state index contributed by atoms with van der Waals surface area (Å²) in [5.74, 6) is -3.83. The van der Waals surface area contributed by atoms with Crippen LogP contribution in [0, 0.1) is 0 Å². The molecule has 0 saturated heterocycles. The monoisotopic (exact) mass is 502 g/mol. The number of rotatable bonds is 16. The summed E-state index contributed by atoms with van der Waals surface area (Å²) >= 11 is 0. The molecule has 16 nitrogen and oxygen atoms in total. The number of carbonyl (C=O) groups is 4. The topological polar surface area (TPSA) is 300 Å². The fraction of sp³-hybridized carbons (Fsp3) is 0.684. The number of carboxylic acids is 1. The molecule has 0 aromatic heterocycles. The highest BCUT2D eigenvalue weighted by Gasteiger charge is 2.30. The van der Waals surface area contributed by atoms with Crippen LogP contribution >= 0.6 is 0 Å². The lowest BCUT2D eigenvalue weighted by Gasteiger charge is -2.25. The van der Waals surface area contributed by atoms with Gasteiger partial charge in [0.1, 0.15) is 18.1 Å². The lowest BCUT2D eigenvalue weighted by Crippen LogP contribution is -2.59. The molecule has 5 atom stereocenters. The normalized spacial score (nSPS) is 14.9. The maximum absolute atomic E-state index is 12.6. The highest BCUT2D eigenvalue weighted by molar-refractivity contribution is 5.94. The third kappa shape index (κ3) is 13.6. The molecule has 0 saturated carbocycles. The summed E-state index contributed by atoms with van der Waals surface area (Å²) in [4.78, 5) is 56.2. The van der Waals surface area contributed by atoms with Gasteiger partial charge in [-0.1, -0.05) is 0 Å². The van der Waals surface area contributed by atoms with E-state index in [0.29, 0.717) is 6.42 Å². The van der Waals surface area contributed by atoms with E-state index in [1.54, 1.807) is 0 Å². The Bertz CT molecular complexity index is 780. The van der Waals surface area contributed by atoms with Gasteiger partial charge in [0.25, 0.3) is 0 Å². The number of nitrogens with zero attached hydrogens (tertiary/aromatic N) is 2. The average molecular weight is 503 g/mol. The second-order valence-corrected chi connectivity index (χ2v) is 7.86. The molecule has 5 unspecified atom stereocenters. The van der Waals surface area contributed by atoms with Crippen LogP contribution in [0.25, 0.3) is 0 Å². The molecule has 3 amide bonds. The number of nitrogens with two attached hydrogens (primary N) is 5. The zero-order chi connectivity index (χ0) is 27.1. The molecule has 0 aromatic rings. The highest BCUT2D eigenvalue weighted by Crippen LogP contribution is 2.02. The minimum atomic E-state index is -1.41. The van der Waals surface area contributed by atoms with Gasteiger partial charge in [0, 0.05) is 13.1 Å². The molecule has 0 fully saturated rings. The maximum atomic E-state index is 12.6. The van der Waals surface area contributed by atoms with E-state index in [1.807, 2.05) is 0 Å². The van der Waals surface area contributed by atoms with E-state index in [2.05, 4.69) is 25.9 Å². The Morgan fingerprint density at radius 3 is 1.77 bits per heavy atom. The van der Waals surface area contributed by atoms with Crippen LogP contribution in [0.2, 0.25) is 0 Å². The molecular weight excluding hydrogens is 464 g/mol. The Labute approximate surface area is 203 Å². The number of aliphatic hydroxyl groups excluding tert-OH is 1. The molecule has 0 spiro atoms. The van der Waals surface area contributed by atoms with Crippen molar-refractivity contribution in [1.82, 2.24) is 16.0 Å². The molecule has 0 heterocycles. The van der Waals surface area contributed by atoms with Gasteiger partial charge < -0.3 is 54.8 Å². The van der Waals surface area contributed by atoms with Crippen LogP contribution in [0.5, 0.6) is 0 Å². The fourth-order valence-corrected chi connectivity index (χ4v) is 2.74. The summed E-state index contributed by atoms with van der Waals surface area (Å²) in [6.07, 6.45) is -0.351. The summed E-state index contributed by atoms with van der Waals surface area (Å²) < 4.78 is 0. The maximum Gasteiger partial charge on any atom is 0.326 e. The van der Waals surface area contributed by atoms with Crippen molar-refractivity contribution in [2.24, 2.45) is 38.7 Å². The van der Waals surface area contributed by atoms with E-state index in [9.17, 15) is 29.4 Å². The fourth-order valence-electron chi connectivity index (χ4n) is 2.74. The summed E-state index contributed by atoms with van der Waals surface area (Å²) in [5.41, 5.74) is 26.6. The lowest BCUT2D eigenvalue weighted by molar-refractivity contribution is -0.142. The zero-order valence-electron chi connectivity index (χ0n) is 19.9. The van der Waals surface area contributed by atoms with E-state index in [-0.39, 0.29) is 44.3 Å². The Kier molecular flexibility index (Phi) is 14.4. The van der Waals surface area contributed by atoms with Gasteiger partial charge >= 0.3 is 5.97 Å². The number of aliphatic carboxylic acids is 1. The van der Waals surface area contributed by atoms with Gasteiger partial charge in [0.2, 0.25) is 17.7 Å². The van der Waals surface area contributed by atoms with E-state index >= 15 is 0 Å².